The van der Waals surface area contributed by atoms with Gasteiger partial charge >= 0.3 is 0 Å². The van der Waals surface area contributed by atoms with E-state index >= 15 is 0 Å². The minimum atomic E-state index is -0.260. The lowest BCUT2D eigenvalue weighted by Gasteiger charge is -2.29. The Morgan fingerprint density at radius 1 is 1.04 bits per heavy atom. The van der Waals surface area contributed by atoms with Crippen LogP contribution in [0.15, 0.2) is 53.0 Å². The van der Waals surface area contributed by atoms with Crippen molar-refractivity contribution in [3.8, 4) is 0 Å². The Kier molecular flexibility index (Phi) is 6.79. The summed E-state index contributed by atoms with van der Waals surface area (Å²) in [5.74, 6) is -0.186. The molecular weight excluding hydrogens is 371 g/mol. The Balaban J connectivity index is 2.26. The summed E-state index contributed by atoms with van der Waals surface area (Å²) >= 11 is 3.49. The zero-order valence-electron chi connectivity index (χ0n) is 14.0. The van der Waals surface area contributed by atoms with Crippen molar-refractivity contribution in [3.63, 3.8) is 0 Å². The maximum atomic E-state index is 13.3. The van der Waals surface area contributed by atoms with Crippen LogP contribution in [-0.2, 0) is 4.79 Å². The predicted molar refractivity (Wildman–Crippen MR) is 100 cm³/mol. The molecule has 0 heterocycles. The first-order chi connectivity index (χ1) is 11.5. The highest BCUT2D eigenvalue weighted by Crippen LogP contribution is 2.27. The van der Waals surface area contributed by atoms with Gasteiger partial charge in [-0.05, 0) is 48.9 Å². The Labute approximate surface area is 151 Å². The molecule has 0 fully saturated rings. The van der Waals surface area contributed by atoms with E-state index in [9.17, 15) is 9.18 Å². The van der Waals surface area contributed by atoms with Crippen molar-refractivity contribution in [2.24, 2.45) is 0 Å². The average Bonchev–Trinajstić information content (AvgIpc) is 2.55. The van der Waals surface area contributed by atoms with Crippen LogP contribution in [0.5, 0.6) is 0 Å². The first-order valence-electron chi connectivity index (χ1n) is 8.05. The van der Waals surface area contributed by atoms with Gasteiger partial charge in [0.05, 0.1) is 0 Å². The summed E-state index contributed by atoms with van der Waals surface area (Å²) in [6.07, 6.45) is 0.924. The van der Waals surface area contributed by atoms with Gasteiger partial charge in [-0.15, -0.1) is 0 Å². The van der Waals surface area contributed by atoms with Gasteiger partial charge in [0.1, 0.15) is 5.82 Å². The number of hydrogen-bond donors (Lipinski definition) is 0. The van der Waals surface area contributed by atoms with E-state index in [1.165, 1.54) is 12.1 Å². The van der Waals surface area contributed by atoms with Crippen molar-refractivity contribution in [1.82, 2.24) is 4.90 Å². The Hall–Kier alpha value is -1.88. The minimum absolute atomic E-state index is 0.0742. The molecule has 0 saturated carbocycles. The standard InChI is InChI=1S/C19H22BrFN2O/c1-3-11-22(15(2)24)12-13-23(18-9-7-17(21)8-10-18)19-6-4-5-16(20)14-19/h4-10,14H,3,11-13H2,1-2H3. The lowest BCUT2D eigenvalue weighted by molar-refractivity contribution is -0.128. The molecule has 128 valence electrons. The van der Waals surface area contributed by atoms with E-state index in [2.05, 4.69) is 27.8 Å². The summed E-state index contributed by atoms with van der Waals surface area (Å²) in [5, 5.41) is 0. The van der Waals surface area contributed by atoms with Gasteiger partial charge < -0.3 is 9.80 Å². The minimum Gasteiger partial charge on any atom is -0.341 e. The maximum absolute atomic E-state index is 13.3. The van der Waals surface area contributed by atoms with Gasteiger partial charge in [0.2, 0.25) is 5.91 Å². The summed E-state index contributed by atoms with van der Waals surface area (Å²) in [4.78, 5) is 15.7. The number of rotatable bonds is 7. The van der Waals surface area contributed by atoms with E-state index in [1.54, 1.807) is 19.1 Å². The van der Waals surface area contributed by atoms with Crippen molar-refractivity contribution < 1.29 is 9.18 Å². The van der Waals surface area contributed by atoms with Gasteiger partial charge in [0.25, 0.3) is 0 Å². The predicted octanol–water partition coefficient (Wildman–Crippen LogP) is 4.98. The van der Waals surface area contributed by atoms with E-state index in [0.29, 0.717) is 13.1 Å². The molecule has 0 saturated heterocycles. The number of amides is 1. The van der Waals surface area contributed by atoms with Crippen LogP contribution >= 0.6 is 15.9 Å². The van der Waals surface area contributed by atoms with Crippen LogP contribution in [0, 0.1) is 5.82 Å². The van der Waals surface area contributed by atoms with Gasteiger partial charge in [-0.1, -0.05) is 28.9 Å². The number of carbonyl (C=O) groups excluding carboxylic acids is 1. The molecule has 0 aromatic heterocycles. The fourth-order valence-electron chi connectivity index (χ4n) is 2.59. The smallest absolute Gasteiger partial charge is 0.219 e. The first-order valence-corrected chi connectivity index (χ1v) is 8.84. The second-order valence-electron chi connectivity index (χ2n) is 5.61. The molecule has 0 bridgehead atoms. The highest BCUT2D eigenvalue weighted by molar-refractivity contribution is 9.10. The molecule has 0 spiro atoms. The van der Waals surface area contributed by atoms with Crippen LogP contribution in [0.25, 0.3) is 0 Å². The van der Waals surface area contributed by atoms with Crippen LogP contribution < -0.4 is 4.90 Å². The second-order valence-corrected chi connectivity index (χ2v) is 6.53. The summed E-state index contributed by atoms with van der Waals surface area (Å²) in [6, 6.07) is 14.4. The molecule has 0 radical (unpaired) electrons. The number of carbonyl (C=O) groups is 1. The SMILES string of the molecule is CCCN(CCN(c1ccc(F)cc1)c1cccc(Br)c1)C(C)=O. The van der Waals surface area contributed by atoms with E-state index in [4.69, 9.17) is 0 Å². The largest absolute Gasteiger partial charge is 0.341 e. The molecule has 2 rings (SSSR count). The zero-order valence-corrected chi connectivity index (χ0v) is 15.6. The van der Waals surface area contributed by atoms with Crippen molar-refractivity contribution >= 4 is 33.2 Å². The molecular formula is C19H22BrFN2O. The third kappa shape index (κ3) is 5.06. The highest BCUT2D eigenvalue weighted by atomic mass is 79.9. The van der Waals surface area contributed by atoms with E-state index in [-0.39, 0.29) is 11.7 Å². The number of halogens is 2. The molecule has 0 aliphatic carbocycles. The average molecular weight is 393 g/mol. The zero-order chi connectivity index (χ0) is 17.5. The molecule has 5 heteroatoms. The van der Waals surface area contributed by atoms with Crippen LogP contribution in [0.1, 0.15) is 20.3 Å². The summed E-state index contributed by atoms with van der Waals surface area (Å²) in [6.45, 7) is 5.65. The fraction of sp³-hybridized carbons (Fsp3) is 0.316. The van der Waals surface area contributed by atoms with Crippen LogP contribution in [0.3, 0.4) is 0 Å². The molecule has 0 unspecified atom stereocenters. The molecule has 2 aromatic rings. The molecule has 3 nitrogen and oxygen atoms in total. The molecule has 1 amide bonds. The van der Waals surface area contributed by atoms with Crippen LogP contribution in [-0.4, -0.2) is 30.4 Å². The quantitative estimate of drug-likeness (QED) is 0.662. The fourth-order valence-corrected chi connectivity index (χ4v) is 2.98. The number of anilines is 2. The van der Waals surface area contributed by atoms with Gasteiger partial charge in [-0.25, -0.2) is 4.39 Å². The van der Waals surface area contributed by atoms with Gasteiger partial charge in [0.15, 0.2) is 0 Å². The second kappa shape index (κ2) is 8.83. The van der Waals surface area contributed by atoms with E-state index < -0.39 is 0 Å². The lowest BCUT2D eigenvalue weighted by Crippen LogP contribution is -2.36. The lowest BCUT2D eigenvalue weighted by atomic mass is 10.2. The third-order valence-corrected chi connectivity index (χ3v) is 4.28. The van der Waals surface area contributed by atoms with E-state index in [0.717, 1.165) is 28.8 Å². The third-order valence-electron chi connectivity index (χ3n) is 3.79. The molecule has 0 atom stereocenters. The normalized spacial score (nSPS) is 10.5. The Bertz CT molecular complexity index is 675. The monoisotopic (exact) mass is 392 g/mol. The maximum Gasteiger partial charge on any atom is 0.219 e. The molecule has 0 aliphatic rings. The number of hydrogen-bond acceptors (Lipinski definition) is 2. The topological polar surface area (TPSA) is 23.6 Å². The van der Waals surface area contributed by atoms with Crippen LogP contribution in [0.4, 0.5) is 15.8 Å². The van der Waals surface area contributed by atoms with E-state index in [1.807, 2.05) is 29.2 Å². The Morgan fingerprint density at radius 2 is 1.75 bits per heavy atom. The molecule has 2 aromatic carbocycles. The van der Waals surface area contributed by atoms with Crippen molar-refractivity contribution in [2.75, 3.05) is 24.5 Å². The summed E-state index contributed by atoms with van der Waals surface area (Å²) in [7, 11) is 0. The van der Waals surface area contributed by atoms with Crippen LogP contribution in [0.2, 0.25) is 0 Å². The van der Waals surface area contributed by atoms with Crippen molar-refractivity contribution in [3.05, 3.63) is 58.8 Å². The number of benzene rings is 2. The molecule has 0 N–H and O–H groups in total. The molecule has 0 aliphatic heterocycles. The molecule has 24 heavy (non-hydrogen) atoms. The van der Waals surface area contributed by atoms with Gasteiger partial charge in [-0.3, -0.25) is 4.79 Å². The summed E-state index contributed by atoms with van der Waals surface area (Å²) < 4.78 is 14.2. The summed E-state index contributed by atoms with van der Waals surface area (Å²) in [5.41, 5.74) is 1.89. The number of nitrogens with zero attached hydrogens (tertiary/aromatic N) is 2. The van der Waals surface area contributed by atoms with Crippen molar-refractivity contribution in [2.45, 2.75) is 20.3 Å². The van der Waals surface area contributed by atoms with Gasteiger partial charge in [0, 0.05) is 42.4 Å². The van der Waals surface area contributed by atoms with Crippen molar-refractivity contribution in [1.29, 1.82) is 0 Å². The highest BCUT2D eigenvalue weighted by Gasteiger charge is 2.14. The Morgan fingerprint density at radius 3 is 2.33 bits per heavy atom. The van der Waals surface area contributed by atoms with Gasteiger partial charge in [-0.2, -0.15) is 0 Å². The first kappa shape index (κ1) is 18.5.